The van der Waals surface area contributed by atoms with E-state index in [9.17, 15) is 4.79 Å². The van der Waals surface area contributed by atoms with Crippen LogP contribution in [0.15, 0.2) is 0 Å². The van der Waals surface area contributed by atoms with Gasteiger partial charge in [0, 0.05) is 25.6 Å². The van der Waals surface area contributed by atoms with Gasteiger partial charge in [-0.15, -0.1) is 0 Å². The van der Waals surface area contributed by atoms with E-state index in [0.717, 1.165) is 32.5 Å². The number of piperidine rings is 1. The summed E-state index contributed by atoms with van der Waals surface area (Å²) in [7, 11) is 3.72. The van der Waals surface area contributed by atoms with Crippen molar-refractivity contribution >= 4 is 5.91 Å². The normalized spacial score (nSPS) is 21.3. The highest BCUT2D eigenvalue weighted by Crippen LogP contribution is 2.20. The van der Waals surface area contributed by atoms with E-state index in [1.54, 1.807) is 7.05 Å². The lowest BCUT2D eigenvalue weighted by molar-refractivity contribution is -0.121. The first-order chi connectivity index (χ1) is 7.09. The number of carbonyl (C=O) groups is 1. The van der Waals surface area contributed by atoms with Crippen molar-refractivity contribution in [3.8, 4) is 0 Å². The molecule has 0 radical (unpaired) electrons. The molecule has 1 fully saturated rings. The Hall–Kier alpha value is -0.610. The minimum atomic E-state index is 0.136. The van der Waals surface area contributed by atoms with E-state index in [-0.39, 0.29) is 5.91 Å². The topological polar surface area (TPSA) is 44.4 Å². The Kier molecular flexibility index (Phi) is 4.54. The van der Waals surface area contributed by atoms with Gasteiger partial charge in [0.15, 0.2) is 0 Å². The minimum Gasteiger partial charge on any atom is -0.359 e. The summed E-state index contributed by atoms with van der Waals surface area (Å²) in [5.41, 5.74) is 0.295. The molecule has 0 aliphatic carbocycles. The van der Waals surface area contributed by atoms with Crippen molar-refractivity contribution in [1.82, 2.24) is 15.5 Å². The van der Waals surface area contributed by atoms with Crippen molar-refractivity contribution < 1.29 is 4.79 Å². The fourth-order valence-electron chi connectivity index (χ4n) is 1.90. The van der Waals surface area contributed by atoms with E-state index < -0.39 is 0 Å². The summed E-state index contributed by atoms with van der Waals surface area (Å²) in [6, 6.07) is 0. The number of carbonyl (C=O) groups excluding carboxylic acids is 1. The third-order valence-electron chi connectivity index (χ3n) is 3.50. The lowest BCUT2D eigenvalue weighted by atomic mass is 9.90. The highest BCUT2D eigenvalue weighted by atomic mass is 16.1. The van der Waals surface area contributed by atoms with E-state index >= 15 is 0 Å². The smallest absolute Gasteiger partial charge is 0.221 e. The molecule has 4 heteroatoms. The number of rotatable bonds is 4. The molecule has 1 aliphatic rings. The summed E-state index contributed by atoms with van der Waals surface area (Å²) in [5, 5.41) is 6.02. The Morgan fingerprint density at radius 2 is 1.93 bits per heavy atom. The second kappa shape index (κ2) is 5.47. The van der Waals surface area contributed by atoms with Crippen LogP contribution in [0.4, 0.5) is 0 Å². The molecule has 1 rings (SSSR count). The lowest BCUT2D eigenvalue weighted by Gasteiger charge is -2.39. The van der Waals surface area contributed by atoms with Crippen LogP contribution < -0.4 is 10.6 Å². The predicted molar refractivity (Wildman–Crippen MR) is 61.8 cm³/mol. The Balaban J connectivity index is 2.23. The number of hydrogen-bond acceptors (Lipinski definition) is 3. The summed E-state index contributed by atoms with van der Waals surface area (Å²) in [6.45, 7) is 5.34. The number of amides is 1. The molecule has 0 aromatic rings. The van der Waals surface area contributed by atoms with Gasteiger partial charge in [0.05, 0.1) is 0 Å². The highest BCUT2D eigenvalue weighted by molar-refractivity contribution is 5.75. The third-order valence-corrected chi connectivity index (χ3v) is 3.50. The molecule has 0 aromatic heterocycles. The molecule has 15 heavy (non-hydrogen) atoms. The van der Waals surface area contributed by atoms with E-state index in [4.69, 9.17) is 0 Å². The van der Waals surface area contributed by atoms with Crippen molar-refractivity contribution in [3.63, 3.8) is 0 Å². The van der Waals surface area contributed by atoms with E-state index in [1.807, 2.05) is 7.05 Å². The molecule has 1 heterocycles. The Morgan fingerprint density at radius 3 is 2.40 bits per heavy atom. The maximum absolute atomic E-state index is 11.1. The van der Waals surface area contributed by atoms with Crippen molar-refractivity contribution in [2.75, 3.05) is 33.7 Å². The van der Waals surface area contributed by atoms with Gasteiger partial charge in [-0.25, -0.2) is 0 Å². The van der Waals surface area contributed by atoms with Crippen molar-refractivity contribution in [2.24, 2.45) is 0 Å². The number of hydrogen-bond donors (Lipinski definition) is 2. The molecule has 0 unspecified atom stereocenters. The minimum absolute atomic E-state index is 0.136. The molecule has 1 amide bonds. The van der Waals surface area contributed by atoms with Crippen LogP contribution in [0.1, 0.15) is 26.2 Å². The van der Waals surface area contributed by atoms with Gasteiger partial charge >= 0.3 is 0 Å². The molecule has 0 aromatic carbocycles. The van der Waals surface area contributed by atoms with Gasteiger partial charge in [0.25, 0.3) is 0 Å². The fourth-order valence-corrected chi connectivity index (χ4v) is 1.90. The predicted octanol–water partition coefficient (Wildman–Crippen LogP) is 0.196. The van der Waals surface area contributed by atoms with Crippen LogP contribution in [0, 0.1) is 0 Å². The highest BCUT2D eigenvalue weighted by Gasteiger charge is 2.27. The molecule has 0 bridgehead atoms. The van der Waals surface area contributed by atoms with Crippen LogP contribution in [0.25, 0.3) is 0 Å². The zero-order valence-electron chi connectivity index (χ0n) is 10.1. The van der Waals surface area contributed by atoms with E-state index in [2.05, 4.69) is 22.5 Å². The largest absolute Gasteiger partial charge is 0.359 e. The van der Waals surface area contributed by atoms with Crippen LogP contribution >= 0.6 is 0 Å². The molecule has 0 saturated carbocycles. The maximum atomic E-state index is 11.1. The van der Waals surface area contributed by atoms with Gasteiger partial charge in [0.1, 0.15) is 0 Å². The lowest BCUT2D eigenvalue weighted by Crippen LogP contribution is -2.50. The molecule has 1 saturated heterocycles. The summed E-state index contributed by atoms with van der Waals surface area (Å²) >= 11 is 0. The van der Waals surface area contributed by atoms with Gasteiger partial charge < -0.3 is 15.5 Å². The first kappa shape index (κ1) is 12.5. The maximum Gasteiger partial charge on any atom is 0.221 e. The Bertz CT molecular complexity index is 210. The zero-order valence-corrected chi connectivity index (χ0v) is 10.1. The Labute approximate surface area is 92.4 Å². The second-order valence-electron chi connectivity index (χ2n) is 4.58. The summed E-state index contributed by atoms with van der Waals surface area (Å²) in [4.78, 5) is 13.5. The average Bonchev–Trinajstić information content (AvgIpc) is 2.28. The molecule has 4 nitrogen and oxygen atoms in total. The van der Waals surface area contributed by atoms with Gasteiger partial charge in [-0.2, -0.15) is 0 Å². The molecular weight excluding hydrogens is 190 g/mol. The van der Waals surface area contributed by atoms with Crippen LogP contribution in [-0.4, -0.2) is 50.1 Å². The molecule has 1 aliphatic heterocycles. The Morgan fingerprint density at radius 1 is 1.33 bits per heavy atom. The van der Waals surface area contributed by atoms with E-state index in [1.165, 1.54) is 0 Å². The first-order valence-electron chi connectivity index (χ1n) is 5.71. The van der Waals surface area contributed by atoms with Gasteiger partial charge in [-0.1, -0.05) is 0 Å². The first-order valence-corrected chi connectivity index (χ1v) is 5.71. The van der Waals surface area contributed by atoms with Crippen molar-refractivity contribution in [2.45, 2.75) is 31.7 Å². The third kappa shape index (κ3) is 3.80. The van der Waals surface area contributed by atoms with E-state index in [0.29, 0.717) is 12.0 Å². The second-order valence-corrected chi connectivity index (χ2v) is 4.58. The number of nitrogens with one attached hydrogen (secondary N) is 2. The summed E-state index contributed by atoms with van der Waals surface area (Å²) in [6.07, 6.45) is 2.95. The molecule has 0 spiro atoms. The van der Waals surface area contributed by atoms with Crippen LogP contribution in [0.5, 0.6) is 0 Å². The standard InChI is InChI=1S/C11H23N3O/c1-11(13-3)5-8-14(9-6-11)7-4-10(15)12-2/h13H,4-9H2,1-3H3,(H,12,15). The summed E-state index contributed by atoms with van der Waals surface area (Å²) in [5.74, 6) is 0.136. The van der Waals surface area contributed by atoms with Crippen LogP contribution in [0.3, 0.4) is 0 Å². The van der Waals surface area contributed by atoms with Gasteiger partial charge in [-0.05, 0) is 39.9 Å². The number of nitrogens with zero attached hydrogens (tertiary/aromatic N) is 1. The van der Waals surface area contributed by atoms with Crippen molar-refractivity contribution in [3.05, 3.63) is 0 Å². The van der Waals surface area contributed by atoms with Gasteiger partial charge in [-0.3, -0.25) is 4.79 Å². The molecule has 0 atom stereocenters. The molecule has 2 N–H and O–H groups in total. The number of likely N-dealkylation sites (tertiary alicyclic amines) is 1. The quantitative estimate of drug-likeness (QED) is 0.701. The zero-order chi connectivity index (χ0) is 11.3. The monoisotopic (exact) mass is 213 g/mol. The molecule has 88 valence electrons. The van der Waals surface area contributed by atoms with Crippen molar-refractivity contribution in [1.29, 1.82) is 0 Å². The average molecular weight is 213 g/mol. The molecular formula is C11H23N3O. The van der Waals surface area contributed by atoms with Crippen LogP contribution in [-0.2, 0) is 4.79 Å². The fraction of sp³-hybridized carbons (Fsp3) is 0.909. The SMILES string of the molecule is CNC(=O)CCN1CCC(C)(NC)CC1. The summed E-state index contributed by atoms with van der Waals surface area (Å²) < 4.78 is 0. The van der Waals surface area contributed by atoms with Crippen LogP contribution in [0.2, 0.25) is 0 Å². The van der Waals surface area contributed by atoms with Gasteiger partial charge in [0.2, 0.25) is 5.91 Å².